The Morgan fingerprint density at radius 1 is 1.27 bits per heavy atom. The van der Waals surface area contributed by atoms with Crippen molar-refractivity contribution in [1.29, 1.82) is 0 Å². The molecule has 1 aromatic carbocycles. The fraction of sp³-hybridized carbons (Fsp3) is 0.611. The standard InChI is InChI=1S/C18H27NO3/c1-12(2)16-15(20)11-14(13-9-7-6-8-10-13)19(16)17(21)22-18(3,4)5/h6-10,12,14-16,20H,11H2,1-5H3/t14-,15-,16-/m1/s1. The molecule has 0 saturated carbocycles. The Morgan fingerprint density at radius 3 is 2.36 bits per heavy atom. The summed E-state index contributed by atoms with van der Waals surface area (Å²) in [6.45, 7) is 9.63. The number of ether oxygens (including phenoxy) is 1. The second-order valence-electron chi connectivity index (χ2n) is 7.35. The number of nitrogens with zero attached hydrogens (tertiary/aromatic N) is 1. The fourth-order valence-electron chi connectivity index (χ4n) is 3.18. The summed E-state index contributed by atoms with van der Waals surface area (Å²) in [7, 11) is 0. The van der Waals surface area contributed by atoms with Crippen molar-refractivity contribution < 1.29 is 14.6 Å². The van der Waals surface area contributed by atoms with Gasteiger partial charge in [-0.15, -0.1) is 0 Å². The van der Waals surface area contributed by atoms with Gasteiger partial charge in [-0.05, 0) is 32.3 Å². The van der Waals surface area contributed by atoms with Crippen molar-refractivity contribution in [3.63, 3.8) is 0 Å². The predicted molar refractivity (Wildman–Crippen MR) is 86.5 cm³/mol. The number of aliphatic hydroxyl groups excluding tert-OH is 1. The molecule has 22 heavy (non-hydrogen) atoms. The number of carbonyl (C=O) groups excluding carboxylic acids is 1. The molecule has 0 aromatic heterocycles. The molecule has 3 atom stereocenters. The lowest BCUT2D eigenvalue weighted by Crippen LogP contribution is -2.46. The molecule has 122 valence electrons. The van der Waals surface area contributed by atoms with Gasteiger partial charge in [0, 0.05) is 6.42 Å². The molecule has 1 N–H and O–H groups in total. The molecule has 1 heterocycles. The molecule has 4 heteroatoms. The second kappa shape index (κ2) is 6.29. The molecule has 1 aromatic rings. The van der Waals surface area contributed by atoms with E-state index in [4.69, 9.17) is 4.74 Å². The summed E-state index contributed by atoms with van der Waals surface area (Å²) >= 11 is 0. The van der Waals surface area contributed by atoms with Gasteiger partial charge in [0.25, 0.3) is 0 Å². The third kappa shape index (κ3) is 3.61. The quantitative estimate of drug-likeness (QED) is 0.905. The SMILES string of the molecule is CC(C)[C@@H]1[C@H](O)C[C@H](c2ccccc2)N1C(=O)OC(C)(C)C. The first-order valence-electron chi connectivity index (χ1n) is 7.95. The highest BCUT2D eigenvalue weighted by Gasteiger charge is 2.46. The van der Waals surface area contributed by atoms with E-state index in [0.29, 0.717) is 6.42 Å². The number of hydrogen-bond acceptors (Lipinski definition) is 3. The normalized spacial score (nSPS) is 25.6. The van der Waals surface area contributed by atoms with Crippen LogP contribution in [-0.4, -0.2) is 33.8 Å². The molecular formula is C18H27NO3. The first-order valence-corrected chi connectivity index (χ1v) is 7.95. The van der Waals surface area contributed by atoms with Crippen LogP contribution in [0.2, 0.25) is 0 Å². The average Bonchev–Trinajstić information content (AvgIpc) is 2.75. The predicted octanol–water partition coefficient (Wildman–Crippen LogP) is 3.75. The van der Waals surface area contributed by atoms with Crippen LogP contribution in [0.5, 0.6) is 0 Å². The van der Waals surface area contributed by atoms with Crippen molar-refractivity contribution in [2.45, 2.75) is 64.8 Å². The van der Waals surface area contributed by atoms with Crippen molar-refractivity contribution in [2.75, 3.05) is 0 Å². The third-order valence-corrected chi connectivity index (χ3v) is 3.99. The van der Waals surface area contributed by atoms with Gasteiger partial charge in [-0.1, -0.05) is 44.2 Å². The van der Waals surface area contributed by atoms with E-state index in [-0.39, 0.29) is 24.1 Å². The molecule has 0 bridgehead atoms. The Balaban J connectivity index is 2.34. The van der Waals surface area contributed by atoms with E-state index in [1.54, 1.807) is 4.90 Å². The molecule has 4 nitrogen and oxygen atoms in total. The summed E-state index contributed by atoms with van der Waals surface area (Å²) in [6, 6.07) is 9.50. The van der Waals surface area contributed by atoms with Crippen molar-refractivity contribution in [3.05, 3.63) is 35.9 Å². The summed E-state index contributed by atoms with van der Waals surface area (Å²) in [6.07, 6.45) is -0.333. The van der Waals surface area contributed by atoms with Crippen LogP contribution in [0.25, 0.3) is 0 Å². The first kappa shape index (κ1) is 16.8. The van der Waals surface area contributed by atoms with Crippen LogP contribution in [-0.2, 0) is 4.74 Å². The molecule has 2 rings (SSSR count). The van der Waals surface area contributed by atoms with Crippen molar-refractivity contribution in [2.24, 2.45) is 5.92 Å². The van der Waals surface area contributed by atoms with Crippen LogP contribution in [0.1, 0.15) is 52.6 Å². The number of amides is 1. The number of hydrogen-bond donors (Lipinski definition) is 1. The monoisotopic (exact) mass is 305 g/mol. The summed E-state index contributed by atoms with van der Waals surface area (Å²) in [4.78, 5) is 14.4. The molecule has 1 aliphatic rings. The van der Waals surface area contributed by atoms with Gasteiger partial charge in [-0.25, -0.2) is 4.79 Å². The lowest BCUT2D eigenvalue weighted by Gasteiger charge is -2.34. The highest BCUT2D eigenvalue weighted by atomic mass is 16.6. The zero-order valence-electron chi connectivity index (χ0n) is 14.1. The van der Waals surface area contributed by atoms with Crippen LogP contribution >= 0.6 is 0 Å². The zero-order chi connectivity index (χ0) is 16.5. The summed E-state index contributed by atoms with van der Waals surface area (Å²) in [5.41, 5.74) is 0.489. The van der Waals surface area contributed by atoms with Gasteiger partial charge < -0.3 is 9.84 Å². The third-order valence-electron chi connectivity index (χ3n) is 3.99. The number of carbonyl (C=O) groups is 1. The summed E-state index contributed by atoms with van der Waals surface area (Å²) in [5.74, 6) is 0.163. The van der Waals surface area contributed by atoms with E-state index in [2.05, 4.69) is 0 Å². The maximum atomic E-state index is 12.7. The lowest BCUT2D eigenvalue weighted by molar-refractivity contribution is 0.00157. The van der Waals surface area contributed by atoms with E-state index in [1.807, 2.05) is 65.0 Å². The number of likely N-dealkylation sites (tertiary alicyclic amines) is 1. The van der Waals surface area contributed by atoms with Crippen molar-refractivity contribution in [1.82, 2.24) is 4.90 Å². The van der Waals surface area contributed by atoms with Crippen molar-refractivity contribution >= 4 is 6.09 Å². The number of rotatable bonds is 2. The van der Waals surface area contributed by atoms with E-state index < -0.39 is 11.7 Å². The molecule has 1 saturated heterocycles. The Kier molecular flexibility index (Phi) is 4.81. The Labute approximate surface area is 133 Å². The molecule has 1 fully saturated rings. The molecule has 0 unspecified atom stereocenters. The van der Waals surface area contributed by atoms with Gasteiger partial charge in [0.15, 0.2) is 0 Å². The minimum Gasteiger partial charge on any atom is -0.444 e. The minimum atomic E-state index is -0.548. The minimum absolute atomic E-state index is 0.140. The maximum absolute atomic E-state index is 12.7. The lowest BCUT2D eigenvalue weighted by atomic mass is 9.99. The largest absolute Gasteiger partial charge is 0.444 e. The Bertz CT molecular complexity index is 507. The molecule has 0 aliphatic carbocycles. The fourth-order valence-corrected chi connectivity index (χ4v) is 3.18. The van der Waals surface area contributed by atoms with E-state index in [0.717, 1.165) is 5.56 Å². The van der Waals surface area contributed by atoms with Gasteiger partial charge in [0.05, 0.1) is 18.2 Å². The highest BCUT2D eigenvalue weighted by Crippen LogP contribution is 2.40. The highest BCUT2D eigenvalue weighted by molar-refractivity contribution is 5.70. The van der Waals surface area contributed by atoms with Crippen LogP contribution in [0.15, 0.2) is 30.3 Å². The topological polar surface area (TPSA) is 49.8 Å². The van der Waals surface area contributed by atoms with E-state index >= 15 is 0 Å². The summed E-state index contributed by atoms with van der Waals surface area (Å²) in [5, 5.41) is 10.5. The molecule has 0 radical (unpaired) electrons. The van der Waals surface area contributed by atoms with Crippen LogP contribution in [0.3, 0.4) is 0 Å². The number of benzene rings is 1. The second-order valence-corrected chi connectivity index (χ2v) is 7.35. The summed E-state index contributed by atoms with van der Waals surface area (Å²) < 4.78 is 5.58. The van der Waals surface area contributed by atoms with Crippen LogP contribution < -0.4 is 0 Å². The van der Waals surface area contributed by atoms with Gasteiger partial charge in [0.1, 0.15) is 5.60 Å². The van der Waals surface area contributed by atoms with E-state index in [9.17, 15) is 9.90 Å². The van der Waals surface area contributed by atoms with Crippen LogP contribution in [0, 0.1) is 5.92 Å². The number of aliphatic hydroxyl groups is 1. The van der Waals surface area contributed by atoms with Crippen LogP contribution in [0.4, 0.5) is 4.79 Å². The van der Waals surface area contributed by atoms with Gasteiger partial charge in [-0.3, -0.25) is 4.90 Å². The van der Waals surface area contributed by atoms with E-state index in [1.165, 1.54) is 0 Å². The smallest absolute Gasteiger partial charge is 0.411 e. The average molecular weight is 305 g/mol. The van der Waals surface area contributed by atoms with Crippen molar-refractivity contribution in [3.8, 4) is 0 Å². The van der Waals surface area contributed by atoms with Gasteiger partial charge >= 0.3 is 6.09 Å². The molecule has 1 amide bonds. The Morgan fingerprint density at radius 2 is 1.86 bits per heavy atom. The molecular weight excluding hydrogens is 278 g/mol. The van der Waals surface area contributed by atoms with Gasteiger partial charge in [-0.2, -0.15) is 0 Å². The maximum Gasteiger partial charge on any atom is 0.411 e. The first-order chi connectivity index (χ1) is 10.2. The zero-order valence-corrected chi connectivity index (χ0v) is 14.1. The molecule has 0 spiro atoms. The van der Waals surface area contributed by atoms with Gasteiger partial charge in [0.2, 0.25) is 0 Å². The Hall–Kier alpha value is -1.55. The molecule has 1 aliphatic heterocycles.